The van der Waals surface area contributed by atoms with Crippen molar-refractivity contribution < 1.29 is 28.4 Å². The summed E-state index contributed by atoms with van der Waals surface area (Å²) in [5.41, 5.74) is 5.59. The van der Waals surface area contributed by atoms with Gasteiger partial charge in [-0.05, 0) is 79.8 Å². The molecule has 0 fully saturated rings. The van der Waals surface area contributed by atoms with Gasteiger partial charge in [0, 0.05) is 12.0 Å². The third-order valence-corrected chi connectivity index (χ3v) is 5.49. The van der Waals surface area contributed by atoms with Crippen LogP contribution < -0.4 is 18.9 Å². The second kappa shape index (κ2) is 21.0. The molecule has 39 heavy (non-hydrogen) atoms. The van der Waals surface area contributed by atoms with Gasteiger partial charge in [-0.2, -0.15) is 12.3 Å². The van der Waals surface area contributed by atoms with Crippen LogP contribution in [0.2, 0.25) is 0 Å². The third kappa shape index (κ3) is 16.0. The minimum Gasteiger partial charge on any atom is -0.649 e. The molecule has 2 rings (SSSR count). The molecule has 0 unspecified atom stereocenters. The zero-order valence-corrected chi connectivity index (χ0v) is 24.7. The Hall–Kier alpha value is -2.89. The minimum atomic E-state index is -0.373. The summed E-state index contributed by atoms with van der Waals surface area (Å²) in [6.45, 7) is 20.9. The maximum atomic E-state index is 9.47. The second-order valence-electron chi connectivity index (χ2n) is 10.1. The molecule has 0 saturated carbocycles. The molecule has 2 nitrogen and oxygen atoms in total. The van der Waals surface area contributed by atoms with E-state index in [9.17, 15) is 4.79 Å². The number of carbonyl (C=O) groups excluding carboxylic acids is 1. The predicted molar refractivity (Wildman–Crippen MR) is 164 cm³/mol. The molecule has 3 heteroatoms. The molecule has 0 radical (unpaired) electrons. The number of benzene rings is 2. The topological polar surface area (TPSA) is 26.3 Å². The van der Waals surface area contributed by atoms with Crippen LogP contribution in [-0.4, -0.2) is 12.1 Å². The van der Waals surface area contributed by atoms with Gasteiger partial charge < -0.3 is 23.4 Å². The van der Waals surface area contributed by atoms with Gasteiger partial charge in [-0.25, -0.2) is 0 Å². The van der Waals surface area contributed by atoms with Gasteiger partial charge in [0.1, 0.15) is 0 Å². The monoisotopic (exact) mass is 514 g/mol. The first-order valence-corrected chi connectivity index (χ1v) is 13.4. The summed E-state index contributed by atoms with van der Waals surface area (Å²) in [7, 11) is 0. The normalized spacial score (nSPS) is 10.9. The standard InChI is InChI=1S/C31H34.C5H9O2.Li/c1-5-8-11-12-14-19-31-29(25-26(4)16-13-9-6-2)18-15-20-30(31)28-23-21-27(22-24-28)17-10-7-3;1-5(2,3)7-4-6;/h7,14-15,18-24,26H,2-6,8-9,13,16,25H2,1H3;1-3H3;/q-2;-1;+1/b19-14+;;/t26-;;/m1../s1. The SMILES string of the molecule is C=CC#Cc1ccc(-c2cccc(C[C@H]([CH2-])CCCC[CH2-])c2/C=C/C#CCCC)cc1.CC(C)(C)O[C-]=O.[Li+]. The van der Waals surface area contributed by atoms with E-state index in [-0.39, 0.29) is 24.5 Å². The van der Waals surface area contributed by atoms with Crippen molar-refractivity contribution in [1.82, 2.24) is 0 Å². The number of hydrogen-bond donors (Lipinski definition) is 0. The Bertz CT molecular complexity index is 1130. The van der Waals surface area contributed by atoms with Crippen molar-refractivity contribution in [2.24, 2.45) is 5.92 Å². The molecular weight excluding hydrogens is 471 g/mol. The number of ether oxygens (including phenoxy) is 1. The first-order chi connectivity index (χ1) is 18.3. The molecule has 0 amide bonds. The molecule has 1 atom stereocenters. The maximum Gasteiger partial charge on any atom is 1.00 e. The average Bonchev–Trinajstić information content (AvgIpc) is 2.88. The fraction of sp³-hybridized carbons (Fsp3) is 0.361. The van der Waals surface area contributed by atoms with Gasteiger partial charge in [-0.3, -0.25) is 0 Å². The summed E-state index contributed by atoms with van der Waals surface area (Å²) in [6, 6.07) is 15.0. The van der Waals surface area contributed by atoms with Crippen LogP contribution in [-0.2, 0) is 16.0 Å². The van der Waals surface area contributed by atoms with Crippen molar-refractivity contribution in [2.45, 2.75) is 78.2 Å². The van der Waals surface area contributed by atoms with Crippen LogP contribution in [0.25, 0.3) is 17.2 Å². The van der Waals surface area contributed by atoms with Crippen LogP contribution in [0.5, 0.6) is 0 Å². The summed E-state index contributed by atoms with van der Waals surface area (Å²) in [6.07, 6.45) is 13.3. The molecule has 2 aromatic rings. The maximum absolute atomic E-state index is 9.47. The quantitative estimate of drug-likeness (QED) is 0.169. The Morgan fingerprint density at radius 2 is 1.82 bits per heavy atom. The van der Waals surface area contributed by atoms with Gasteiger partial charge in [0.2, 0.25) is 0 Å². The molecule has 0 heterocycles. The predicted octanol–water partition coefficient (Wildman–Crippen LogP) is 5.97. The van der Waals surface area contributed by atoms with Crippen LogP contribution in [0, 0.1) is 43.4 Å². The summed E-state index contributed by atoms with van der Waals surface area (Å²) in [5.74, 6) is 12.8. The van der Waals surface area contributed by atoms with Crippen molar-refractivity contribution in [3.63, 3.8) is 0 Å². The molecule has 2 aromatic carbocycles. The molecular formula is C36H43LiO2-2. The number of hydrogen-bond acceptors (Lipinski definition) is 2. The third-order valence-electron chi connectivity index (χ3n) is 5.49. The molecule has 0 aliphatic rings. The molecule has 0 aliphatic heterocycles. The summed E-state index contributed by atoms with van der Waals surface area (Å²) >= 11 is 0. The summed E-state index contributed by atoms with van der Waals surface area (Å²) in [4.78, 5) is 9.47. The van der Waals surface area contributed by atoms with E-state index in [4.69, 9.17) is 0 Å². The van der Waals surface area contributed by atoms with E-state index in [1.165, 1.54) is 41.6 Å². The van der Waals surface area contributed by atoms with Gasteiger partial charge in [-0.15, -0.1) is 0 Å². The average molecular weight is 515 g/mol. The van der Waals surface area contributed by atoms with Gasteiger partial charge in [0.15, 0.2) is 0 Å². The number of unbranched alkanes of at least 4 members (excludes halogenated alkanes) is 3. The molecule has 0 saturated heterocycles. The Morgan fingerprint density at radius 1 is 1.10 bits per heavy atom. The molecule has 0 spiro atoms. The summed E-state index contributed by atoms with van der Waals surface area (Å²) in [5, 5.41) is 0. The zero-order chi connectivity index (χ0) is 28.2. The van der Waals surface area contributed by atoms with Gasteiger partial charge in [-0.1, -0.05) is 99.7 Å². The van der Waals surface area contributed by atoms with Crippen molar-refractivity contribution in [2.75, 3.05) is 0 Å². The van der Waals surface area contributed by atoms with E-state index in [1.807, 2.05) is 6.08 Å². The van der Waals surface area contributed by atoms with Crippen molar-refractivity contribution in [3.8, 4) is 34.8 Å². The smallest absolute Gasteiger partial charge is 0.649 e. The van der Waals surface area contributed by atoms with Crippen LogP contribution in [0.4, 0.5) is 0 Å². The Balaban J connectivity index is 0.00000159. The fourth-order valence-corrected chi connectivity index (χ4v) is 3.64. The molecule has 0 aliphatic carbocycles. The van der Waals surface area contributed by atoms with Gasteiger partial charge in [0.05, 0.1) is 5.60 Å². The number of rotatable bonds is 10. The van der Waals surface area contributed by atoms with E-state index >= 15 is 0 Å². The Kier molecular flexibility index (Phi) is 19.4. The van der Waals surface area contributed by atoms with Gasteiger partial charge >= 0.3 is 18.9 Å². The second-order valence-corrected chi connectivity index (χ2v) is 10.1. The van der Waals surface area contributed by atoms with Crippen molar-refractivity contribution in [3.05, 3.63) is 91.7 Å². The number of allylic oxidation sites excluding steroid dienone is 2. The van der Waals surface area contributed by atoms with E-state index in [0.29, 0.717) is 5.92 Å². The zero-order valence-electron chi connectivity index (χ0n) is 24.7. The van der Waals surface area contributed by atoms with E-state index in [1.54, 1.807) is 26.8 Å². The minimum absolute atomic E-state index is 0. The molecule has 0 bridgehead atoms. The fourth-order valence-electron chi connectivity index (χ4n) is 3.64. The van der Waals surface area contributed by atoms with Crippen LogP contribution in [0.15, 0.2) is 61.2 Å². The van der Waals surface area contributed by atoms with E-state index in [0.717, 1.165) is 37.7 Å². The molecule has 0 aromatic heterocycles. The van der Waals surface area contributed by atoms with E-state index in [2.05, 4.69) is 104 Å². The van der Waals surface area contributed by atoms with Crippen LogP contribution in [0.3, 0.4) is 0 Å². The van der Waals surface area contributed by atoms with Crippen molar-refractivity contribution in [1.29, 1.82) is 0 Å². The summed E-state index contributed by atoms with van der Waals surface area (Å²) < 4.78 is 4.42. The van der Waals surface area contributed by atoms with Crippen LogP contribution in [0.1, 0.15) is 82.9 Å². The molecule has 0 N–H and O–H groups in total. The van der Waals surface area contributed by atoms with E-state index < -0.39 is 0 Å². The van der Waals surface area contributed by atoms with Crippen molar-refractivity contribution >= 4 is 12.5 Å². The molecule has 202 valence electrons. The first-order valence-electron chi connectivity index (χ1n) is 13.4. The Labute approximate surface area is 250 Å². The van der Waals surface area contributed by atoms with Crippen LogP contribution >= 0.6 is 0 Å². The Morgan fingerprint density at radius 3 is 2.38 bits per heavy atom. The first kappa shape index (κ1) is 36.1. The largest absolute Gasteiger partial charge is 1.00 e. The van der Waals surface area contributed by atoms with Gasteiger partial charge in [0.25, 0.3) is 0 Å².